The summed E-state index contributed by atoms with van der Waals surface area (Å²) in [5.41, 5.74) is 1.99. The number of hydrogen-bond acceptors (Lipinski definition) is 5. The molecule has 0 spiro atoms. The number of aromatic nitrogens is 2. The highest BCUT2D eigenvalue weighted by Gasteiger charge is 2.17. The molecular weight excluding hydrogens is 709 g/mol. The fourth-order valence-electron chi connectivity index (χ4n) is 4.20. The lowest BCUT2D eigenvalue weighted by Crippen LogP contribution is -2.20. The number of rotatable bonds is 6. The van der Waals surface area contributed by atoms with Gasteiger partial charge < -0.3 is 9.15 Å². The molecule has 0 saturated carbocycles. The van der Waals surface area contributed by atoms with Crippen LogP contribution in [0.3, 0.4) is 0 Å². The van der Waals surface area contributed by atoms with Gasteiger partial charge in [-0.15, -0.1) is 0 Å². The molecule has 0 aliphatic carbocycles. The number of hydrogen-bond donors (Lipinski definition) is 0. The zero-order valence-electron chi connectivity index (χ0n) is 20.4. The van der Waals surface area contributed by atoms with Crippen molar-refractivity contribution in [3.05, 3.63) is 126 Å². The average Bonchev–Trinajstić information content (AvgIpc) is 3.36. The van der Waals surface area contributed by atoms with E-state index in [1.165, 1.54) is 10.7 Å². The van der Waals surface area contributed by atoms with Crippen molar-refractivity contribution in [3.63, 3.8) is 0 Å². The maximum atomic E-state index is 14.0. The summed E-state index contributed by atoms with van der Waals surface area (Å²) in [4.78, 5) is 18.3. The molecule has 6 rings (SSSR count). The molecule has 198 valence electrons. The lowest BCUT2D eigenvalue weighted by Gasteiger charge is -2.12. The lowest BCUT2D eigenvalue weighted by molar-refractivity contribution is 0.296. The molecule has 4 aromatic carbocycles. The van der Waals surface area contributed by atoms with Crippen molar-refractivity contribution in [2.75, 3.05) is 0 Å². The van der Waals surface area contributed by atoms with Crippen LogP contribution in [0.25, 0.3) is 33.5 Å². The van der Waals surface area contributed by atoms with Gasteiger partial charge in [0.1, 0.15) is 23.8 Å². The first-order valence-corrected chi connectivity index (χ1v) is 14.4. The summed E-state index contributed by atoms with van der Waals surface area (Å²) in [6, 6.07) is 24.6. The van der Waals surface area contributed by atoms with Gasteiger partial charge in [0.25, 0.3) is 5.56 Å². The Morgan fingerprint density at radius 1 is 0.950 bits per heavy atom. The third-order valence-corrected chi connectivity index (χ3v) is 7.80. The molecule has 0 N–H and O–H groups in total. The lowest BCUT2D eigenvalue weighted by atomic mass is 10.2. The average molecular weight is 726 g/mol. The number of nitrogens with zero attached hydrogens (tertiary/aromatic N) is 3. The quantitative estimate of drug-likeness (QED) is 0.161. The second-order valence-corrected chi connectivity index (χ2v) is 11.4. The first kappa shape index (κ1) is 26.6. The van der Waals surface area contributed by atoms with Crippen molar-refractivity contribution in [2.24, 2.45) is 5.10 Å². The van der Waals surface area contributed by atoms with Crippen molar-refractivity contribution in [2.45, 2.75) is 6.61 Å². The number of ether oxygens (including phenoxy) is 1. The molecular formula is C30H17Br3FN3O3. The number of benzene rings is 4. The predicted molar refractivity (Wildman–Crippen MR) is 164 cm³/mol. The Labute approximate surface area is 252 Å². The molecule has 2 heterocycles. The van der Waals surface area contributed by atoms with Crippen molar-refractivity contribution < 1.29 is 13.5 Å². The van der Waals surface area contributed by atoms with E-state index in [9.17, 15) is 9.18 Å². The van der Waals surface area contributed by atoms with Gasteiger partial charge in [-0.1, -0.05) is 46.3 Å². The highest BCUT2D eigenvalue weighted by atomic mass is 79.9. The van der Waals surface area contributed by atoms with Crippen LogP contribution in [0.2, 0.25) is 0 Å². The fraction of sp³-hybridized carbons (Fsp3) is 0.0333. The highest BCUT2D eigenvalue weighted by Crippen LogP contribution is 2.35. The minimum Gasteiger partial charge on any atom is -0.486 e. The summed E-state index contributed by atoms with van der Waals surface area (Å²) in [7, 11) is 0. The van der Waals surface area contributed by atoms with Crippen LogP contribution in [0.4, 0.5) is 4.39 Å². The zero-order chi connectivity index (χ0) is 27.8. The van der Waals surface area contributed by atoms with E-state index in [2.05, 4.69) is 52.9 Å². The van der Waals surface area contributed by atoms with Crippen LogP contribution in [-0.4, -0.2) is 15.9 Å². The van der Waals surface area contributed by atoms with Crippen LogP contribution in [-0.2, 0) is 6.61 Å². The van der Waals surface area contributed by atoms with Gasteiger partial charge in [-0.25, -0.2) is 9.37 Å². The zero-order valence-corrected chi connectivity index (χ0v) is 25.2. The topological polar surface area (TPSA) is 69.6 Å². The van der Waals surface area contributed by atoms with Crippen molar-refractivity contribution in [1.29, 1.82) is 0 Å². The molecule has 0 atom stereocenters. The summed E-state index contributed by atoms with van der Waals surface area (Å²) in [5.74, 6) is 0.863. The molecule has 0 unspecified atom stereocenters. The van der Waals surface area contributed by atoms with Gasteiger partial charge in [0.2, 0.25) is 5.82 Å². The van der Waals surface area contributed by atoms with Crippen molar-refractivity contribution in [3.8, 4) is 17.3 Å². The van der Waals surface area contributed by atoms with E-state index < -0.39 is 0 Å². The van der Waals surface area contributed by atoms with Crippen molar-refractivity contribution >= 4 is 75.9 Å². The van der Waals surface area contributed by atoms with Gasteiger partial charge in [0.15, 0.2) is 5.76 Å². The first-order valence-electron chi connectivity index (χ1n) is 12.0. The normalized spacial score (nSPS) is 11.6. The molecule has 6 nitrogen and oxygen atoms in total. The molecule has 0 bridgehead atoms. The van der Waals surface area contributed by atoms with Gasteiger partial charge >= 0.3 is 0 Å². The minimum atomic E-state index is -0.333. The fourth-order valence-corrected chi connectivity index (χ4v) is 6.03. The second-order valence-electron chi connectivity index (χ2n) is 8.80. The third-order valence-electron chi connectivity index (χ3n) is 6.13. The first-order chi connectivity index (χ1) is 19.4. The van der Waals surface area contributed by atoms with E-state index in [4.69, 9.17) is 14.1 Å². The summed E-state index contributed by atoms with van der Waals surface area (Å²) in [6.45, 7) is 0.0624. The Balaban J connectivity index is 1.39. The highest BCUT2D eigenvalue weighted by molar-refractivity contribution is 9.11. The molecule has 2 aromatic heterocycles. The smallest absolute Gasteiger partial charge is 0.282 e. The molecule has 0 radical (unpaired) electrons. The van der Waals surface area contributed by atoms with Crippen LogP contribution in [0.1, 0.15) is 11.1 Å². The van der Waals surface area contributed by atoms with E-state index in [1.807, 2.05) is 30.3 Å². The van der Waals surface area contributed by atoms with Gasteiger partial charge in [0, 0.05) is 15.4 Å². The van der Waals surface area contributed by atoms with Gasteiger partial charge in [-0.05, 0) is 92.0 Å². The summed E-state index contributed by atoms with van der Waals surface area (Å²) >= 11 is 10.5. The SMILES string of the molecule is O=c1c2ccccc2nc(-c2cc3cc(Br)ccc3o2)n1N=Cc1cc(Br)c(OCc2ccccc2F)c(Br)c1. The number of furan rings is 1. The van der Waals surface area contributed by atoms with E-state index in [-0.39, 0.29) is 23.8 Å². The van der Waals surface area contributed by atoms with E-state index in [1.54, 1.807) is 54.7 Å². The monoisotopic (exact) mass is 723 g/mol. The molecule has 6 aromatic rings. The molecule has 10 heteroatoms. The molecule has 0 aliphatic heterocycles. The minimum absolute atomic E-state index is 0.0624. The number of para-hydroxylation sites is 1. The van der Waals surface area contributed by atoms with Gasteiger partial charge in [0.05, 0.1) is 26.1 Å². The maximum Gasteiger partial charge on any atom is 0.282 e. The van der Waals surface area contributed by atoms with Crippen LogP contribution < -0.4 is 10.3 Å². The Hall–Kier alpha value is -3.60. The van der Waals surface area contributed by atoms with Crippen LogP contribution in [0.15, 0.2) is 113 Å². The molecule has 40 heavy (non-hydrogen) atoms. The second kappa shape index (κ2) is 11.1. The molecule has 0 saturated heterocycles. The summed E-state index contributed by atoms with van der Waals surface area (Å²) in [5, 5.41) is 5.82. The summed E-state index contributed by atoms with van der Waals surface area (Å²) < 4.78 is 29.4. The van der Waals surface area contributed by atoms with E-state index in [0.717, 1.165) is 9.86 Å². The van der Waals surface area contributed by atoms with E-state index in [0.29, 0.717) is 48.1 Å². The Morgan fingerprint density at radius 2 is 1.70 bits per heavy atom. The Morgan fingerprint density at radius 3 is 2.50 bits per heavy atom. The van der Waals surface area contributed by atoms with E-state index >= 15 is 0 Å². The largest absolute Gasteiger partial charge is 0.486 e. The Bertz CT molecular complexity index is 1980. The predicted octanol–water partition coefficient (Wildman–Crippen LogP) is 8.70. The third kappa shape index (κ3) is 5.26. The van der Waals surface area contributed by atoms with Crippen LogP contribution in [0, 0.1) is 5.82 Å². The molecule has 0 amide bonds. The maximum absolute atomic E-state index is 14.0. The number of fused-ring (bicyclic) bond motifs is 2. The molecule has 0 aliphatic rings. The van der Waals surface area contributed by atoms with Crippen LogP contribution >= 0.6 is 47.8 Å². The van der Waals surface area contributed by atoms with Gasteiger partial charge in [-0.2, -0.15) is 9.78 Å². The van der Waals surface area contributed by atoms with Crippen LogP contribution in [0.5, 0.6) is 5.75 Å². The van der Waals surface area contributed by atoms with Gasteiger partial charge in [-0.3, -0.25) is 4.79 Å². The standard InChI is InChI=1S/C30H17Br3FN3O3/c31-20-9-10-26-19(13-20)14-27(40-26)29-36-25-8-4-2-6-21(25)30(38)37(29)35-15-17-11-22(32)28(23(33)12-17)39-16-18-5-1-3-7-24(18)34/h1-15H,16H2. The summed E-state index contributed by atoms with van der Waals surface area (Å²) in [6.07, 6.45) is 1.55. The number of halogens is 4. The molecule has 0 fully saturated rings. The Kier molecular flexibility index (Phi) is 7.39. The van der Waals surface area contributed by atoms with Crippen molar-refractivity contribution in [1.82, 2.24) is 9.66 Å².